The molecule has 21 heavy (non-hydrogen) atoms. The molecule has 1 aromatic rings. The first-order chi connectivity index (χ1) is 10.1. The number of rotatable bonds is 8. The lowest BCUT2D eigenvalue weighted by Gasteiger charge is -2.16. The maximum absolute atomic E-state index is 12.2. The number of carbonyl (C=O) groups excluding carboxylic acids is 2. The van der Waals surface area contributed by atoms with E-state index in [0.29, 0.717) is 12.0 Å². The molecule has 0 aliphatic carbocycles. The molecule has 1 amide bonds. The lowest BCUT2D eigenvalue weighted by molar-refractivity contribution is -0.142. The van der Waals surface area contributed by atoms with Gasteiger partial charge in [0.05, 0.1) is 7.11 Å². The van der Waals surface area contributed by atoms with E-state index in [-0.39, 0.29) is 5.91 Å². The van der Waals surface area contributed by atoms with Crippen LogP contribution in [-0.2, 0) is 15.3 Å². The minimum Gasteiger partial charge on any atom is -0.467 e. The average molecular weight is 327 g/mol. The minimum atomic E-state index is -0.596. The van der Waals surface area contributed by atoms with E-state index >= 15 is 0 Å². The Labute approximate surface area is 134 Å². The highest BCUT2D eigenvalue weighted by Crippen LogP contribution is 2.11. The number of esters is 1. The van der Waals surface area contributed by atoms with Crippen LogP contribution in [-0.4, -0.2) is 43.3 Å². The van der Waals surface area contributed by atoms with Gasteiger partial charge in [-0.3, -0.25) is 4.79 Å². The van der Waals surface area contributed by atoms with E-state index in [4.69, 9.17) is 4.74 Å². The van der Waals surface area contributed by atoms with Crippen LogP contribution in [0.1, 0.15) is 22.3 Å². The largest absolute Gasteiger partial charge is 0.467 e. The van der Waals surface area contributed by atoms with Gasteiger partial charge in [-0.05, 0) is 42.4 Å². The molecule has 0 aliphatic rings. The highest BCUT2D eigenvalue weighted by Gasteiger charge is 2.21. The zero-order valence-electron chi connectivity index (χ0n) is 12.5. The molecule has 0 aromatic heterocycles. The smallest absolute Gasteiger partial charge is 0.328 e. The molecule has 0 saturated heterocycles. The molecule has 0 saturated carbocycles. The first-order valence-corrected chi connectivity index (χ1v) is 9.36. The van der Waals surface area contributed by atoms with Crippen LogP contribution in [0.5, 0.6) is 0 Å². The van der Waals surface area contributed by atoms with Gasteiger partial charge in [0.2, 0.25) is 0 Å². The van der Waals surface area contributed by atoms with Crippen molar-refractivity contribution in [3.63, 3.8) is 0 Å². The maximum Gasteiger partial charge on any atom is 0.328 e. The molecule has 0 fully saturated rings. The van der Waals surface area contributed by atoms with E-state index in [0.717, 1.165) is 11.5 Å². The number of benzene rings is 1. The Hall–Kier alpha value is -1.14. The van der Waals surface area contributed by atoms with E-state index in [9.17, 15) is 9.59 Å². The molecule has 4 nitrogen and oxygen atoms in total. The number of hydrogen-bond acceptors (Lipinski definition) is 5. The van der Waals surface area contributed by atoms with Crippen molar-refractivity contribution < 1.29 is 14.3 Å². The summed E-state index contributed by atoms with van der Waals surface area (Å²) in [5.41, 5.74) is 1.73. The molecule has 0 heterocycles. The topological polar surface area (TPSA) is 55.4 Å². The number of nitrogens with one attached hydrogen (secondary N) is 1. The van der Waals surface area contributed by atoms with Crippen LogP contribution < -0.4 is 5.32 Å². The fourth-order valence-corrected chi connectivity index (χ4v) is 2.78. The normalized spacial score (nSPS) is 11.8. The van der Waals surface area contributed by atoms with Crippen molar-refractivity contribution in [1.29, 1.82) is 0 Å². The molecule has 0 radical (unpaired) electrons. The van der Waals surface area contributed by atoms with E-state index in [1.165, 1.54) is 12.7 Å². The third-order valence-electron chi connectivity index (χ3n) is 2.93. The van der Waals surface area contributed by atoms with Crippen molar-refractivity contribution >= 4 is 35.4 Å². The van der Waals surface area contributed by atoms with Crippen LogP contribution in [0.15, 0.2) is 24.3 Å². The van der Waals surface area contributed by atoms with E-state index in [2.05, 4.69) is 5.32 Å². The monoisotopic (exact) mass is 327 g/mol. The molecule has 116 valence electrons. The third kappa shape index (κ3) is 6.01. The highest BCUT2D eigenvalue weighted by molar-refractivity contribution is 7.98. The molecule has 0 spiro atoms. The summed E-state index contributed by atoms with van der Waals surface area (Å²) in [6.45, 7) is 0. The van der Waals surface area contributed by atoms with Crippen molar-refractivity contribution in [3.05, 3.63) is 35.4 Å². The first kappa shape index (κ1) is 17.9. The molecular formula is C15H21NO3S2. The Balaban J connectivity index is 2.69. The molecule has 1 atom stereocenters. The summed E-state index contributed by atoms with van der Waals surface area (Å²) >= 11 is 3.36. The SMILES string of the molecule is COC(=O)[C@H](CCSC)NC(=O)c1ccc(CSC)cc1. The van der Waals surface area contributed by atoms with Crippen LogP contribution in [0.2, 0.25) is 0 Å². The Kier molecular flexibility index (Phi) is 8.30. The highest BCUT2D eigenvalue weighted by atomic mass is 32.2. The van der Waals surface area contributed by atoms with Crippen LogP contribution in [0.25, 0.3) is 0 Å². The molecule has 0 bridgehead atoms. The van der Waals surface area contributed by atoms with Gasteiger partial charge in [-0.25, -0.2) is 4.79 Å². The lowest BCUT2D eigenvalue weighted by Crippen LogP contribution is -2.41. The van der Waals surface area contributed by atoms with Crippen LogP contribution in [0.4, 0.5) is 0 Å². The van der Waals surface area contributed by atoms with Gasteiger partial charge in [-0.1, -0.05) is 12.1 Å². The first-order valence-electron chi connectivity index (χ1n) is 6.57. The summed E-state index contributed by atoms with van der Waals surface area (Å²) in [6.07, 6.45) is 4.55. The Bertz CT molecular complexity index is 462. The van der Waals surface area contributed by atoms with Gasteiger partial charge in [0, 0.05) is 11.3 Å². The summed E-state index contributed by atoms with van der Waals surface area (Å²) in [7, 11) is 1.33. The lowest BCUT2D eigenvalue weighted by atomic mass is 10.1. The van der Waals surface area contributed by atoms with Crippen LogP contribution >= 0.6 is 23.5 Å². The Morgan fingerprint density at radius 1 is 1.19 bits per heavy atom. The molecular weight excluding hydrogens is 306 g/mol. The zero-order chi connectivity index (χ0) is 15.7. The zero-order valence-corrected chi connectivity index (χ0v) is 14.2. The quantitative estimate of drug-likeness (QED) is 0.744. The summed E-state index contributed by atoms with van der Waals surface area (Å²) in [5, 5.41) is 2.74. The van der Waals surface area contributed by atoms with Crippen molar-refractivity contribution in [3.8, 4) is 0 Å². The number of thioether (sulfide) groups is 2. The van der Waals surface area contributed by atoms with Crippen molar-refractivity contribution in [2.45, 2.75) is 18.2 Å². The fourth-order valence-electron chi connectivity index (χ4n) is 1.79. The summed E-state index contributed by atoms with van der Waals surface area (Å²) < 4.78 is 4.73. The number of carbonyl (C=O) groups is 2. The van der Waals surface area contributed by atoms with E-state index < -0.39 is 12.0 Å². The number of ether oxygens (including phenoxy) is 1. The maximum atomic E-state index is 12.2. The van der Waals surface area contributed by atoms with Gasteiger partial charge >= 0.3 is 5.97 Å². The van der Waals surface area contributed by atoms with E-state index in [1.807, 2.05) is 24.6 Å². The standard InChI is InChI=1S/C15H21NO3S2/c1-19-15(18)13(8-9-20-2)16-14(17)12-6-4-11(5-7-12)10-21-3/h4-7,13H,8-10H2,1-3H3,(H,16,17)/t13-/m0/s1. The Morgan fingerprint density at radius 2 is 1.86 bits per heavy atom. The summed E-state index contributed by atoms with van der Waals surface area (Å²) in [4.78, 5) is 23.9. The Morgan fingerprint density at radius 3 is 2.38 bits per heavy atom. The molecule has 1 N–H and O–H groups in total. The summed E-state index contributed by atoms with van der Waals surface area (Å²) in [6, 6.07) is 6.83. The second-order valence-corrected chi connectivity index (χ2v) is 6.31. The molecule has 1 aromatic carbocycles. The van der Waals surface area contributed by atoms with Crippen molar-refractivity contribution in [1.82, 2.24) is 5.32 Å². The van der Waals surface area contributed by atoms with Gasteiger partial charge in [0.25, 0.3) is 5.91 Å². The van der Waals surface area contributed by atoms with E-state index in [1.54, 1.807) is 35.7 Å². The van der Waals surface area contributed by atoms with Gasteiger partial charge in [0.15, 0.2) is 0 Å². The predicted molar refractivity (Wildman–Crippen MR) is 89.9 cm³/mol. The van der Waals surface area contributed by atoms with Crippen molar-refractivity contribution in [2.75, 3.05) is 25.4 Å². The number of methoxy groups -OCH3 is 1. The van der Waals surface area contributed by atoms with Gasteiger partial charge in [-0.15, -0.1) is 0 Å². The second-order valence-electron chi connectivity index (χ2n) is 4.46. The summed E-state index contributed by atoms with van der Waals surface area (Å²) in [5.74, 6) is 1.05. The fraction of sp³-hybridized carbons (Fsp3) is 0.467. The third-order valence-corrected chi connectivity index (χ3v) is 4.19. The number of amides is 1. The van der Waals surface area contributed by atoms with Gasteiger partial charge in [-0.2, -0.15) is 23.5 Å². The molecule has 0 unspecified atom stereocenters. The molecule has 1 rings (SSSR count). The van der Waals surface area contributed by atoms with Gasteiger partial charge in [0.1, 0.15) is 6.04 Å². The van der Waals surface area contributed by atoms with Crippen LogP contribution in [0, 0.1) is 0 Å². The molecule has 6 heteroatoms. The number of hydrogen-bond donors (Lipinski definition) is 1. The molecule has 0 aliphatic heterocycles. The van der Waals surface area contributed by atoms with Crippen LogP contribution in [0.3, 0.4) is 0 Å². The van der Waals surface area contributed by atoms with Gasteiger partial charge < -0.3 is 10.1 Å². The second kappa shape index (κ2) is 9.73. The minimum absolute atomic E-state index is 0.248. The average Bonchev–Trinajstić information content (AvgIpc) is 2.51. The van der Waals surface area contributed by atoms with Crippen molar-refractivity contribution in [2.24, 2.45) is 0 Å². The predicted octanol–water partition coefficient (Wildman–Crippen LogP) is 2.57.